The van der Waals surface area contributed by atoms with E-state index in [-0.39, 0.29) is 11.8 Å². The van der Waals surface area contributed by atoms with Gasteiger partial charge in [-0.05, 0) is 42.2 Å². The zero-order valence-electron chi connectivity index (χ0n) is 13.4. The van der Waals surface area contributed by atoms with Crippen molar-refractivity contribution in [2.24, 2.45) is 5.92 Å². The first kappa shape index (κ1) is 14.9. The van der Waals surface area contributed by atoms with E-state index in [1.165, 1.54) is 5.56 Å². The fourth-order valence-corrected chi connectivity index (χ4v) is 3.91. The molecule has 1 N–H and O–H groups in total. The molecular weight excluding hydrogens is 308 g/mol. The molecule has 1 aliphatic heterocycles. The molecular formula is C17H22N4OS. The third-order valence-corrected chi connectivity index (χ3v) is 5.59. The summed E-state index contributed by atoms with van der Waals surface area (Å²) in [6, 6.07) is 2.49. The summed E-state index contributed by atoms with van der Waals surface area (Å²) in [6.07, 6.45) is 4.02. The lowest BCUT2D eigenvalue weighted by atomic mass is 10.2. The third-order valence-electron chi connectivity index (χ3n) is 4.86. The number of hydrogen-bond donors (Lipinski definition) is 1. The Kier molecular flexibility index (Phi) is 3.95. The molecule has 2 aromatic rings. The lowest BCUT2D eigenvalue weighted by Gasteiger charge is -2.34. The molecule has 5 nitrogen and oxygen atoms in total. The fraction of sp³-hybridized carbons (Fsp3) is 0.529. The molecule has 0 saturated heterocycles. The summed E-state index contributed by atoms with van der Waals surface area (Å²) in [7, 11) is 0. The number of carbonyl (C=O) groups is 1. The van der Waals surface area contributed by atoms with Crippen LogP contribution in [0, 0.1) is 5.92 Å². The molecule has 23 heavy (non-hydrogen) atoms. The zero-order chi connectivity index (χ0) is 15.8. The zero-order valence-corrected chi connectivity index (χ0v) is 14.2. The Hall–Kier alpha value is -1.66. The molecule has 1 atom stereocenters. The Labute approximate surface area is 140 Å². The highest BCUT2D eigenvalue weighted by Crippen LogP contribution is 2.29. The first-order valence-electron chi connectivity index (χ1n) is 8.29. The maximum atomic E-state index is 11.8. The van der Waals surface area contributed by atoms with Gasteiger partial charge in [0.15, 0.2) is 0 Å². The molecule has 2 aliphatic rings. The van der Waals surface area contributed by atoms with Crippen LogP contribution < -0.4 is 5.32 Å². The summed E-state index contributed by atoms with van der Waals surface area (Å²) < 4.78 is 2.28. The monoisotopic (exact) mass is 330 g/mol. The number of thiophene rings is 1. The Bertz CT molecular complexity index is 690. The number of aromatic nitrogens is 2. The Balaban J connectivity index is 1.43. The number of imidazole rings is 1. The van der Waals surface area contributed by atoms with Crippen LogP contribution in [0.1, 0.15) is 42.9 Å². The standard InChI is InChI=1S/C17H22N4OS/c1-12-16-18-8-15(9-19-17(22)14-2-3-14)21(16)6-5-20(12)10-13-4-7-23-11-13/h4,7-8,11-12,14H,2-3,5-6,9-10H2,1H3,(H,19,22). The maximum absolute atomic E-state index is 11.8. The third kappa shape index (κ3) is 3.05. The summed E-state index contributed by atoms with van der Waals surface area (Å²) in [5.74, 6) is 1.57. The molecule has 1 fully saturated rings. The minimum atomic E-state index is 0.198. The molecule has 0 aromatic carbocycles. The molecule has 1 aliphatic carbocycles. The van der Waals surface area contributed by atoms with Gasteiger partial charge in [0.25, 0.3) is 0 Å². The van der Waals surface area contributed by atoms with Crippen LogP contribution in [0.4, 0.5) is 0 Å². The quantitative estimate of drug-likeness (QED) is 0.916. The number of rotatable bonds is 5. The highest BCUT2D eigenvalue weighted by Gasteiger charge is 2.30. The first-order valence-corrected chi connectivity index (χ1v) is 9.24. The second-order valence-corrected chi connectivity index (χ2v) is 7.31. The molecule has 0 spiro atoms. The van der Waals surface area contributed by atoms with E-state index in [4.69, 9.17) is 0 Å². The highest BCUT2D eigenvalue weighted by molar-refractivity contribution is 7.07. The van der Waals surface area contributed by atoms with Crippen molar-refractivity contribution in [1.29, 1.82) is 0 Å². The van der Waals surface area contributed by atoms with Gasteiger partial charge in [0.1, 0.15) is 5.82 Å². The molecule has 1 saturated carbocycles. The van der Waals surface area contributed by atoms with E-state index in [1.54, 1.807) is 11.3 Å². The van der Waals surface area contributed by atoms with Gasteiger partial charge in [0, 0.05) is 25.6 Å². The van der Waals surface area contributed by atoms with Gasteiger partial charge in [-0.1, -0.05) is 0 Å². The maximum Gasteiger partial charge on any atom is 0.223 e. The average molecular weight is 330 g/mol. The van der Waals surface area contributed by atoms with Crippen molar-refractivity contribution >= 4 is 17.2 Å². The van der Waals surface area contributed by atoms with Gasteiger partial charge in [-0.2, -0.15) is 11.3 Å². The van der Waals surface area contributed by atoms with Gasteiger partial charge in [0.2, 0.25) is 5.91 Å². The first-order chi connectivity index (χ1) is 11.2. The molecule has 4 rings (SSSR count). The van der Waals surface area contributed by atoms with Crippen molar-refractivity contribution in [2.75, 3.05) is 6.54 Å². The molecule has 2 aromatic heterocycles. The van der Waals surface area contributed by atoms with Crippen LogP contribution in [0.5, 0.6) is 0 Å². The van der Waals surface area contributed by atoms with Crippen LogP contribution in [0.2, 0.25) is 0 Å². The van der Waals surface area contributed by atoms with E-state index in [1.807, 2.05) is 6.20 Å². The Morgan fingerprint density at radius 3 is 3.04 bits per heavy atom. The van der Waals surface area contributed by atoms with E-state index in [2.05, 4.69) is 43.5 Å². The molecule has 0 radical (unpaired) electrons. The number of amides is 1. The van der Waals surface area contributed by atoms with Crippen LogP contribution >= 0.6 is 11.3 Å². The van der Waals surface area contributed by atoms with E-state index in [0.29, 0.717) is 12.6 Å². The van der Waals surface area contributed by atoms with Crippen molar-refractivity contribution < 1.29 is 4.79 Å². The second-order valence-electron chi connectivity index (χ2n) is 6.53. The van der Waals surface area contributed by atoms with Crippen LogP contribution in [-0.2, 0) is 24.4 Å². The largest absolute Gasteiger partial charge is 0.350 e. The predicted octanol–water partition coefficient (Wildman–Crippen LogP) is 2.55. The molecule has 1 unspecified atom stereocenters. The van der Waals surface area contributed by atoms with Crippen LogP contribution in [0.3, 0.4) is 0 Å². The minimum Gasteiger partial charge on any atom is -0.350 e. The van der Waals surface area contributed by atoms with Gasteiger partial charge < -0.3 is 9.88 Å². The number of carbonyl (C=O) groups excluding carboxylic acids is 1. The van der Waals surface area contributed by atoms with Gasteiger partial charge in [-0.25, -0.2) is 4.98 Å². The molecule has 0 bridgehead atoms. The van der Waals surface area contributed by atoms with E-state index in [0.717, 1.165) is 44.0 Å². The summed E-state index contributed by atoms with van der Waals surface area (Å²) in [5.41, 5.74) is 2.50. The van der Waals surface area contributed by atoms with Gasteiger partial charge in [0.05, 0.1) is 24.5 Å². The van der Waals surface area contributed by atoms with Crippen molar-refractivity contribution in [1.82, 2.24) is 19.8 Å². The average Bonchev–Trinajstić information content (AvgIpc) is 3.13. The molecule has 6 heteroatoms. The topological polar surface area (TPSA) is 50.2 Å². The van der Waals surface area contributed by atoms with Crippen molar-refractivity contribution in [3.63, 3.8) is 0 Å². The van der Waals surface area contributed by atoms with Crippen LogP contribution in [0.15, 0.2) is 23.0 Å². The number of nitrogens with zero attached hydrogens (tertiary/aromatic N) is 3. The lowest BCUT2D eigenvalue weighted by molar-refractivity contribution is -0.122. The summed E-state index contributed by atoms with van der Waals surface area (Å²) in [5, 5.41) is 7.39. The molecule has 1 amide bonds. The summed E-state index contributed by atoms with van der Waals surface area (Å²) >= 11 is 1.75. The van der Waals surface area contributed by atoms with Crippen molar-refractivity contribution in [3.05, 3.63) is 40.1 Å². The van der Waals surface area contributed by atoms with E-state index >= 15 is 0 Å². The molecule has 3 heterocycles. The Morgan fingerprint density at radius 1 is 1.43 bits per heavy atom. The van der Waals surface area contributed by atoms with E-state index < -0.39 is 0 Å². The highest BCUT2D eigenvalue weighted by atomic mass is 32.1. The minimum absolute atomic E-state index is 0.198. The second kappa shape index (κ2) is 6.09. The fourth-order valence-electron chi connectivity index (χ4n) is 3.25. The van der Waals surface area contributed by atoms with Crippen molar-refractivity contribution in [3.8, 4) is 0 Å². The van der Waals surface area contributed by atoms with Crippen LogP contribution in [0.25, 0.3) is 0 Å². The smallest absolute Gasteiger partial charge is 0.223 e. The Morgan fingerprint density at radius 2 is 2.30 bits per heavy atom. The number of hydrogen-bond acceptors (Lipinski definition) is 4. The van der Waals surface area contributed by atoms with Gasteiger partial charge >= 0.3 is 0 Å². The SMILES string of the molecule is CC1c2ncc(CNC(=O)C3CC3)n2CCN1Cc1ccsc1. The normalized spacial score (nSPS) is 21.2. The van der Waals surface area contributed by atoms with Crippen LogP contribution in [-0.4, -0.2) is 26.9 Å². The molecule has 122 valence electrons. The summed E-state index contributed by atoms with van der Waals surface area (Å²) in [4.78, 5) is 18.9. The van der Waals surface area contributed by atoms with E-state index in [9.17, 15) is 4.79 Å². The predicted molar refractivity (Wildman–Crippen MR) is 89.9 cm³/mol. The summed E-state index contributed by atoms with van der Waals surface area (Å²) in [6.45, 7) is 5.75. The number of nitrogens with one attached hydrogen (secondary N) is 1. The van der Waals surface area contributed by atoms with Crippen molar-refractivity contribution in [2.45, 2.75) is 45.4 Å². The lowest BCUT2D eigenvalue weighted by Crippen LogP contribution is -2.37. The number of fused-ring (bicyclic) bond motifs is 1. The van der Waals surface area contributed by atoms with Gasteiger partial charge in [-0.15, -0.1) is 0 Å². The van der Waals surface area contributed by atoms with Gasteiger partial charge in [-0.3, -0.25) is 9.69 Å².